The molecule has 0 saturated carbocycles. The highest BCUT2D eigenvalue weighted by Gasteiger charge is 2.07. The first kappa shape index (κ1) is 15.8. The quantitative estimate of drug-likeness (QED) is 0.544. The van der Waals surface area contributed by atoms with Crippen molar-refractivity contribution < 1.29 is 0 Å². The highest BCUT2D eigenvalue weighted by Crippen LogP contribution is 2.26. The first-order valence-electron chi connectivity index (χ1n) is 8.33. The summed E-state index contributed by atoms with van der Waals surface area (Å²) in [6.45, 7) is 4.41. The molecule has 0 amide bonds. The predicted octanol–water partition coefficient (Wildman–Crippen LogP) is 5.96. The zero-order valence-corrected chi connectivity index (χ0v) is 13.4. The largest absolute Gasteiger partial charge is 0.256 e. The lowest BCUT2D eigenvalue weighted by Crippen LogP contribution is -1.94. The van der Waals surface area contributed by atoms with E-state index < -0.39 is 0 Å². The molecule has 1 nitrogen and oxygen atoms in total. The number of hydrogen-bond acceptors (Lipinski definition) is 1. The van der Waals surface area contributed by atoms with Crippen LogP contribution in [-0.2, 0) is 6.42 Å². The summed E-state index contributed by atoms with van der Waals surface area (Å²) in [6.07, 6.45) is 11.1. The maximum atomic E-state index is 4.58. The fraction of sp³-hybridized carbons (Fsp3) is 0.450. The number of aromatic nitrogens is 1. The molecule has 1 aromatic heterocycles. The van der Waals surface area contributed by atoms with Crippen molar-refractivity contribution in [3.63, 3.8) is 0 Å². The molecule has 0 saturated heterocycles. The third-order valence-corrected chi connectivity index (χ3v) is 4.08. The van der Waals surface area contributed by atoms with Crippen molar-refractivity contribution in [2.24, 2.45) is 0 Å². The lowest BCUT2D eigenvalue weighted by molar-refractivity contribution is 0.608. The summed E-state index contributed by atoms with van der Waals surface area (Å²) in [5.41, 5.74) is 5.14. The van der Waals surface area contributed by atoms with Crippen molar-refractivity contribution in [3.05, 3.63) is 53.7 Å². The third-order valence-electron chi connectivity index (χ3n) is 4.08. The molecule has 0 atom stereocenters. The first-order chi connectivity index (χ1) is 10.3. The van der Waals surface area contributed by atoms with Crippen molar-refractivity contribution in [3.8, 4) is 11.3 Å². The molecule has 112 valence electrons. The van der Waals surface area contributed by atoms with Gasteiger partial charge in [0.1, 0.15) is 0 Å². The van der Waals surface area contributed by atoms with Gasteiger partial charge in [0.15, 0.2) is 0 Å². The van der Waals surface area contributed by atoms with E-state index in [0.717, 1.165) is 12.1 Å². The SMILES string of the molecule is CCCCCCCCc1ccccc1-c1ncccc1C. The molecule has 0 bridgehead atoms. The molecular formula is C20H27N. The van der Waals surface area contributed by atoms with E-state index in [0.29, 0.717) is 0 Å². The molecule has 0 unspecified atom stereocenters. The molecule has 0 aliphatic carbocycles. The molecule has 21 heavy (non-hydrogen) atoms. The van der Waals surface area contributed by atoms with E-state index in [1.807, 2.05) is 12.3 Å². The standard InChI is InChI=1S/C20H27N/c1-3-4-5-6-7-8-13-18-14-9-10-15-19(18)20-17(2)12-11-16-21-20/h9-12,14-16H,3-8,13H2,1-2H3. The van der Waals surface area contributed by atoms with Crippen LogP contribution in [0.3, 0.4) is 0 Å². The smallest absolute Gasteiger partial charge is 0.0733 e. The molecule has 0 fully saturated rings. The van der Waals surface area contributed by atoms with Gasteiger partial charge in [-0.3, -0.25) is 4.98 Å². The van der Waals surface area contributed by atoms with E-state index in [2.05, 4.69) is 49.2 Å². The number of rotatable bonds is 8. The summed E-state index contributed by atoms with van der Waals surface area (Å²) in [6, 6.07) is 12.9. The Hall–Kier alpha value is -1.63. The van der Waals surface area contributed by atoms with Crippen LogP contribution in [0, 0.1) is 6.92 Å². The van der Waals surface area contributed by atoms with E-state index in [-0.39, 0.29) is 0 Å². The minimum absolute atomic E-state index is 1.14. The molecule has 0 aliphatic rings. The lowest BCUT2D eigenvalue weighted by Gasteiger charge is -2.11. The molecule has 0 spiro atoms. The Morgan fingerprint density at radius 3 is 2.43 bits per heavy atom. The molecule has 0 radical (unpaired) electrons. The Labute approximate surface area is 129 Å². The number of pyridine rings is 1. The van der Waals surface area contributed by atoms with E-state index in [1.165, 1.54) is 55.2 Å². The summed E-state index contributed by atoms with van der Waals surface area (Å²) in [7, 11) is 0. The number of benzene rings is 1. The van der Waals surface area contributed by atoms with Crippen molar-refractivity contribution >= 4 is 0 Å². The minimum Gasteiger partial charge on any atom is -0.256 e. The predicted molar refractivity (Wildman–Crippen MR) is 91.5 cm³/mol. The monoisotopic (exact) mass is 281 g/mol. The van der Waals surface area contributed by atoms with Gasteiger partial charge in [0, 0.05) is 11.8 Å². The highest BCUT2D eigenvalue weighted by atomic mass is 14.7. The molecule has 0 N–H and O–H groups in total. The van der Waals surface area contributed by atoms with Crippen LogP contribution >= 0.6 is 0 Å². The van der Waals surface area contributed by atoms with E-state index in [9.17, 15) is 0 Å². The van der Waals surface area contributed by atoms with Crippen LogP contribution in [0.5, 0.6) is 0 Å². The minimum atomic E-state index is 1.14. The van der Waals surface area contributed by atoms with Gasteiger partial charge < -0.3 is 0 Å². The van der Waals surface area contributed by atoms with Gasteiger partial charge in [-0.2, -0.15) is 0 Å². The van der Waals surface area contributed by atoms with Crippen LogP contribution in [0.1, 0.15) is 56.6 Å². The zero-order chi connectivity index (χ0) is 14.9. The summed E-state index contributed by atoms with van der Waals surface area (Å²) < 4.78 is 0. The molecule has 1 heteroatoms. The fourth-order valence-corrected chi connectivity index (χ4v) is 2.83. The van der Waals surface area contributed by atoms with Crippen LogP contribution in [0.25, 0.3) is 11.3 Å². The van der Waals surface area contributed by atoms with Crippen LogP contribution in [0.4, 0.5) is 0 Å². The van der Waals surface area contributed by atoms with Gasteiger partial charge in [-0.15, -0.1) is 0 Å². The Kier molecular flexibility index (Phi) is 6.46. The summed E-state index contributed by atoms with van der Waals surface area (Å²) in [5, 5.41) is 0. The van der Waals surface area contributed by atoms with Crippen molar-refractivity contribution in [1.29, 1.82) is 0 Å². The maximum Gasteiger partial charge on any atom is 0.0733 e. The molecule has 2 rings (SSSR count). The van der Waals surface area contributed by atoms with Gasteiger partial charge in [0.05, 0.1) is 5.69 Å². The van der Waals surface area contributed by atoms with Gasteiger partial charge in [-0.1, -0.05) is 69.4 Å². The van der Waals surface area contributed by atoms with E-state index >= 15 is 0 Å². The average molecular weight is 281 g/mol. The third kappa shape index (κ3) is 4.70. The normalized spacial score (nSPS) is 10.8. The molecule has 0 aliphatic heterocycles. The summed E-state index contributed by atoms with van der Waals surface area (Å²) in [4.78, 5) is 4.58. The molecule has 1 aromatic carbocycles. The second kappa shape index (κ2) is 8.61. The van der Waals surface area contributed by atoms with E-state index in [1.54, 1.807) is 0 Å². The van der Waals surface area contributed by atoms with Crippen molar-refractivity contribution in [2.45, 2.75) is 58.8 Å². The van der Waals surface area contributed by atoms with Gasteiger partial charge in [0.2, 0.25) is 0 Å². The highest BCUT2D eigenvalue weighted by molar-refractivity contribution is 5.66. The Bertz CT molecular complexity index is 545. The summed E-state index contributed by atoms with van der Waals surface area (Å²) in [5.74, 6) is 0. The van der Waals surface area contributed by atoms with Crippen LogP contribution in [0.2, 0.25) is 0 Å². The number of aryl methyl sites for hydroxylation is 2. The molecular weight excluding hydrogens is 254 g/mol. The number of hydrogen-bond donors (Lipinski definition) is 0. The van der Waals surface area contributed by atoms with Crippen LogP contribution in [0.15, 0.2) is 42.6 Å². The Morgan fingerprint density at radius 1 is 0.857 bits per heavy atom. The van der Waals surface area contributed by atoms with Crippen LogP contribution < -0.4 is 0 Å². The van der Waals surface area contributed by atoms with Gasteiger partial charge in [0.25, 0.3) is 0 Å². The zero-order valence-electron chi connectivity index (χ0n) is 13.4. The lowest BCUT2D eigenvalue weighted by atomic mass is 9.96. The molecule has 2 aromatic rings. The first-order valence-corrected chi connectivity index (χ1v) is 8.33. The second-order valence-electron chi connectivity index (χ2n) is 5.84. The summed E-state index contributed by atoms with van der Waals surface area (Å²) >= 11 is 0. The Morgan fingerprint density at radius 2 is 1.62 bits per heavy atom. The van der Waals surface area contributed by atoms with Gasteiger partial charge in [-0.25, -0.2) is 0 Å². The topological polar surface area (TPSA) is 12.9 Å². The van der Waals surface area contributed by atoms with Gasteiger partial charge in [-0.05, 0) is 37.0 Å². The van der Waals surface area contributed by atoms with E-state index in [4.69, 9.17) is 0 Å². The number of nitrogens with zero attached hydrogens (tertiary/aromatic N) is 1. The van der Waals surface area contributed by atoms with Crippen LogP contribution in [-0.4, -0.2) is 4.98 Å². The fourth-order valence-electron chi connectivity index (χ4n) is 2.83. The van der Waals surface area contributed by atoms with Gasteiger partial charge >= 0.3 is 0 Å². The molecule has 1 heterocycles. The van der Waals surface area contributed by atoms with Crippen molar-refractivity contribution in [2.75, 3.05) is 0 Å². The number of unbranched alkanes of at least 4 members (excludes halogenated alkanes) is 5. The van der Waals surface area contributed by atoms with Crippen molar-refractivity contribution in [1.82, 2.24) is 4.98 Å². The maximum absolute atomic E-state index is 4.58. The average Bonchev–Trinajstić information content (AvgIpc) is 2.52. The second-order valence-corrected chi connectivity index (χ2v) is 5.84. The Balaban J connectivity index is 1.99.